The maximum absolute atomic E-state index is 13.1. The second-order valence-corrected chi connectivity index (χ2v) is 5.62. The van der Waals surface area contributed by atoms with Gasteiger partial charge in [0.05, 0.1) is 12.0 Å². The molecule has 2 nitrogen and oxygen atoms in total. The Morgan fingerprint density at radius 1 is 0.913 bits per heavy atom. The minimum Gasteiger partial charge on any atom is -0.351 e. The molecule has 0 spiro atoms. The first-order chi connectivity index (χ1) is 11.2. The number of H-pyrrole nitrogens is 1. The van der Waals surface area contributed by atoms with Gasteiger partial charge in [0.2, 0.25) is 0 Å². The van der Waals surface area contributed by atoms with Crippen LogP contribution in [0.2, 0.25) is 0 Å². The van der Waals surface area contributed by atoms with Gasteiger partial charge in [-0.05, 0) is 54.7 Å². The van der Waals surface area contributed by atoms with Crippen LogP contribution in [0.25, 0.3) is 0 Å². The molecule has 1 atom stereocenters. The van der Waals surface area contributed by atoms with Crippen LogP contribution in [0.5, 0.6) is 0 Å². The van der Waals surface area contributed by atoms with Crippen LogP contribution in [0.1, 0.15) is 35.6 Å². The van der Waals surface area contributed by atoms with E-state index in [-0.39, 0.29) is 17.6 Å². The first-order valence-electron chi connectivity index (χ1n) is 7.71. The van der Waals surface area contributed by atoms with E-state index < -0.39 is 0 Å². The number of hydrogen-bond acceptors (Lipinski definition) is 1. The Morgan fingerprint density at radius 3 is 2.17 bits per heavy atom. The van der Waals surface area contributed by atoms with Crippen molar-refractivity contribution in [1.82, 2.24) is 9.97 Å². The van der Waals surface area contributed by atoms with Crippen LogP contribution in [-0.2, 0) is 6.42 Å². The minimum atomic E-state index is -0.235. The SMILES string of the molecule is Fc1ccc(CCCC(c2ccc(F)cc2)c2c[nH]cn2)cc1. The van der Waals surface area contributed by atoms with E-state index in [4.69, 9.17) is 0 Å². The lowest BCUT2D eigenvalue weighted by Crippen LogP contribution is -2.03. The van der Waals surface area contributed by atoms with Crippen molar-refractivity contribution < 1.29 is 8.78 Å². The highest BCUT2D eigenvalue weighted by Gasteiger charge is 2.16. The lowest BCUT2D eigenvalue weighted by atomic mass is 9.90. The fraction of sp³-hybridized carbons (Fsp3) is 0.211. The Balaban J connectivity index is 1.69. The number of aryl methyl sites for hydroxylation is 1. The Labute approximate surface area is 134 Å². The van der Waals surface area contributed by atoms with Gasteiger partial charge in [0, 0.05) is 12.1 Å². The lowest BCUT2D eigenvalue weighted by Gasteiger charge is -2.15. The highest BCUT2D eigenvalue weighted by Crippen LogP contribution is 2.28. The largest absolute Gasteiger partial charge is 0.351 e. The molecule has 0 amide bonds. The fourth-order valence-corrected chi connectivity index (χ4v) is 2.80. The number of halogens is 2. The van der Waals surface area contributed by atoms with Gasteiger partial charge in [0.15, 0.2) is 0 Å². The number of benzene rings is 2. The third-order valence-corrected chi connectivity index (χ3v) is 4.02. The zero-order chi connectivity index (χ0) is 16.1. The molecule has 0 bridgehead atoms. The maximum atomic E-state index is 13.1. The summed E-state index contributed by atoms with van der Waals surface area (Å²) in [4.78, 5) is 7.33. The molecule has 0 aliphatic rings. The summed E-state index contributed by atoms with van der Waals surface area (Å²) in [5, 5.41) is 0. The van der Waals surface area contributed by atoms with Crippen molar-refractivity contribution in [3.8, 4) is 0 Å². The van der Waals surface area contributed by atoms with Crippen molar-refractivity contribution >= 4 is 0 Å². The second-order valence-electron chi connectivity index (χ2n) is 5.62. The molecule has 4 heteroatoms. The molecule has 3 rings (SSSR count). The smallest absolute Gasteiger partial charge is 0.123 e. The summed E-state index contributed by atoms with van der Waals surface area (Å²) in [6, 6.07) is 13.2. The molecule has 1 unspecified atom stereocenters. The predicted molar refractivity (Wildman–Crippen MR) is 86.2 cm³/mol. The molecule has 0 saturated heterocycles. The first kappa shape index (κ1) is 15.4. The van der Waals surface area contributed by atoms with Crippen molar-refractivity contribution in [2.24, 2.45) is 0 Å². The topological polar surface area (TPSA) is 28.7 Å². The molecule has 1 N–H and O–H groups in total. The average Bonchev–Trinajstić information content (AvgIpc) is 3.09. The van der Waals surface area contributed by atoms with Gasteiger partial charge in [-0.15, -0.1) is 0 Å². The Hall–Kier alpha value is -2.49. The molecule has 1 heterocycles. The van der Waals surface area contributed by atoms with Crippen LogP contribution in [0, 0.1) is 11.6 Å². The number of aromatic nitrogens is 2. The summed E-state index contributed by atoms with van der Waals surface area (Å²) in [5.74, 6) is -0.322. The monoisotopic (exact) mass is 312 g/mol. The third-order valence-electron chi connectivity index (χ3n) is 4.02. The first-order valence-corrected chi connectivity index (χ1v) is 7.71. The molecule has 3 aromatic rings. The van der Waals surface area contributed by atoms with E-state index in [1.165, 1.54) is 24.3 Å². The van der Waals surface area contributed by atoms with Crippen molar-refractivity contribution in [2.45, 2.75) is 25.2 Å². The van der Waals surface area contributed by atoms with E-state index in [2.05, 4.69) is 9.97 Å². The lowest BCUT2D eigenvalue weighted by molar-refractivity contribution is 0.618. The number of imidazole rings is 1. The highest BCUT2D eigenvalue weighted by molar-refractivity contribution is 5.28. The van der Waals surface area contributed by atoms with Gasteiger partial charge in [-0.25, -0.2) is 13.8 Å². The summed E-state index contributed by atoms with van der Waals surface area (Å²) < 4.78 is 26.1. The standard InChI is InChI=1S/C19H18F2N2/c20-16-8-4-14(5-9-16)2-1-3-18(19-12-22-13-23-19)15-6-10-17(21)11-7-15/h4-13,18H,1-3H2,(H,22,23). The number of nitrogens with one attached hydrogen (secondary N) is 1. The molecule has 2 aromatic carbocycles. The fourth-order valence-electron chi connectivity index (χ4n) is 2.80. The second kappa shape index (κ2) is 7.18. The normalized spacial score (nSPS) is 12.3. The Kier molecular flexibility index (Phi) is 4.81. The molecule has 1 aromatic heterocycles. The van der Waals surface area contributed by atoms with Gasteiger partial charge in [0.25, 0.3) is 0 Å². The average molecular weight is 312 g/mol. The quantitative estimate of drug-likeness (QED) is 0.693. The van der Waals surface area contributed by atoms with Gasteiger partial charge in [-0.1, -0.05) is 24.3 Å². The van der Waals surface area contributed by atoms with Crippen LogP contribution < -0.4 is 0 Å². The van der Waals surface area contributed by atoms with E-state index >= 15 is 0 Å². The molecule has 0 radical (unpaired) electrons. The summed E-state index contributed by atoms with van der Waals surface area (Å²) in [6.07, 6.45) is 6.26. The van der Waals surface area contributed by atoms with Crippen LogP contribution in [0.3, 0.4) is 0 Å². The van der Waals surface area contributed by atoms with E-state index in [1.54, 1.807) is 6.33 Å². The highest BCUT2D eigenvalue weighted by atomic mass is 19.1. The molecule has 0 saturated carbocycles. The molecule has 118 valence electrons. The van der Waals surface area contributed by atoms with Gasteiger partial charge in [-0.3, -0.25) is 0 Å². The summed E-state index contributed by atoms with van der Waals surface area (Å²) in [6.45, 7) is 0. The third kappa shape index (κ3) is 4.03. The molecular formula is C19H18F2N2. The number of rotatable bonds is 6. The Bertz CT molecular complexity index is 719. The van der Waals surface area contributed by atoms with Crippen molar-refractivity contribution in [3.05, 3.63) is 89.5 Å². The zero-order valence-corrected chi connectivity index (χ0v) is 12.7. The van der Waals surface area contributed by atoms with Crippen LogP contribution in [0.4, 0.5) is 8.78 Å². The Morgan fingerprint density at radius 2 is 1.57 bits per heavy atom. The van der Waals surface area contributed by atoms with Gasteiger partial charge in [0.1, 0.15) is 11.6 Å². The van der Waals surface area contributed by atoms with Crippen molar-refractivity contribution in [1.29, 1.82) is 0 Å². The predicted octanol–water partition coefficient (Wildman–Crippen LogP) is 4.84. The maximum Gasteiger partial charge on any atom is 0.123 e. The molecule has 0 aliphatic carbocycles. The zero-order valence-electron chi connectivity index (χ0n) is 12.7. The molecule has 0 fully saturated rings. The van der Waals surface area contributed by atoms with E-state index in [0.29, 0.717) is 0 Å². The summed E-state index contributed by atoms with van der Waals surface area (Å²) in [5.41, 5.74) is 3.12. The van der Waals surface area contributed by atoms with E-state index in [9.17, 15) is 8.78 Å². The summed E-state index contributed by atoms with van der Waals surface area (Å²) in [7, 11) is 0. The summed E-state index contributed by atoms with van der Waals surface area (Å²) >= 11 is 0. The number of aromatic amines is 1. The molecular weight excluding hydrogens is 294 g/mol. The van der Waals surface area contributed by atoms with Gasteiger partial charge < -0.3 is 4.98 Å². The van der Waals surface area contributed by atoms with Gasteiger partial charge >= 0.3 is 0 Å². The minimum absolute atomic E-state index is 0.127. The molecule has 23 heavy (non-hydrogen) atoms. The van der Waals surface area contributed by atoms with Crippen LogP contribution in [-0.4, -0.2) is 9.97 Å². The number of hydrogen-bond donors (Lipinski definition) is 1. The van der Waals surface area contributed by atoms with E-state index in [1.807, 2.05) is 30.5 Å². The van der Waals surface area contributed by atoms with Crippen LogP contribution >= 0.6 is 0 Å². The van der Waals surface area contributed by atoms with Crippen LogP contribution in [0.15, 0.2) is 61.1 Å². The molecule has 0 aliphatic heterocycles. The number of nitrogens with zero attached hydrogens (tertiary/aromatic N) is 1. The van der Waals surface area contributed by atoms with E-state index in [0.717, 1.165) is 36.1 Å². The van der Waals surface area contributed by atoms with Gasteiger partial charge in [-0.2, -0.15) is 0 Å². The van der Waals surface area contributed by atoms with Crippen molar-refractivity contribution in [2.75, 3.05) is 0 Å². The van der Waals surface area contributed by atoms with Crippen molar-refractivity contribution in [3.63, 3.8) is 0 Å².